The van der Waals surface area contributed by atoms with E-state index in [0.29, 0.717) is 6.61 Å². The Kier molecular flexibility index (Phi) is 6.17. The molecule has 1 fully saturated rings. The summed E-state index contributed by atoms with van der Waals surface area (Å²) in [6.45, 7) is 12.6. The molecule has 6 heteroatoms. The van der Waals surface area contributed by atoms with Crippen LogP contribution in [0.2, 0.25) is 0 Å². The molecule has 1 aromatic carbocycles. The molecule has 5 nitrogen and oxygen atoms in total. The van der Waals surface area contributed by atoms with E-state index in [9.17, 15) is 4.79 Å². The monoisotopic (exact) mass is 347 g/mol. The number of hydrogen-bond donors (Lipinski definition) is 1. The Labute approximate surface area is 151 Å². The summed E-state index contributed by atoms with van der Waals surface area (Å²) in [6.07, 6.45) is 1.50. The topological polar surface area (TPSA) is 56.8 Å². The lowest BCUT2D eigenvalue weighted by Gasteiger charge is -2.32. The van der Waals surface area contributed by atoms with Gasteiger partial charge in [-0.2, -0.15) is 0 Å². The van der Waals surface area contributed by atoms with E-state index < -0.39 is 0 Å². The van der Waals surface area contributed by atoms with E-state index in [2.05, 4.69) is 12.2 Å². The van der Waals surface area contributed by atoms with Crippen molar-refractivity contribution in [3.05, 3.63) is 29.8 Å². The molecule has 0 aliphatic carbocycles. The molecule has 1 aliphatic rings. The number of unbranched alkanes of at least 4 members (excludes halogenated alkanes) is 1. The summed E-state index contributed by atoms with van der Waals surface area (Å²) in [4.78, 5) is 11.7. The fourth-order valence-corrected chi connectivity index (χ4v) is 2.53. The Balaban J connectivity index is 1.95. The minimum absolute atomic E-state index is 0.124. The molecule has 0 bridgehead atoms. The minimum atomic E-state index is -0.379. The molecule has 0 spiro atoms. The lowest BCUT2D eigenvalue weighted by atomic mass is 9.78. The number of carbonyl (C=O) groups excluding carboxylic acids is 1. The van der Waals surface area contributed by atoms with Crippen LogP contribution in [0.15, 0.2) is 24.3 Å². The predicted molar refractivity (Wildman–Crippen MR) is 100.0 cm³/mol. The van der Waals surface area contributed by atoms with Gasteiger partial charge in [0.05, 0.1) is 23.9 Å². The van der Waals surface area contributed by atoms with Gasteiger partial charge in [0, 0.05) is 0 Å². The Morgan fingerprint density at radius 3 is 2.24 bits per heavy atom. The third kappa shape index (κ3) is 4.76. The first-order valence-electron chi connectivity index (χ1n) is 9.05. The molecule has 1 unspecified atom stereocenters. The van der Waals surface area contributed by atoms with Crippen molar-refractivity contribution in [2.75, 3.05) is 6.61 Å². The first-order chi connectivity index (χ1) is 11.7. The minimum Gasteiger partial charge on any atom is -0.450 e. The summed E-state index contributed by atoms with van der Waals surface area (Å²) < 4.78 is 17.3. The average molecular weight is 347 g/mol. The van der Waals surface area contributed by atoms with Crippen LogP contribution in [0, 0.1) is 0 Å². The highest BCUT2D eigenvalue weighted by molar-refractivity contribution is 6.62. The highest BCUT2D eigenvalue weighted by Gasteiger charge is 2.51. The zero-order valence-corrected chi connectivity index (χ0v) is 16.2. The van der Waals surface area contributed by atoms with Gasteiger partial charge < -0.3 is 19.4 Å². The van der Waals surface area contributed by atoms with Gasteiger partial charge in [0.15, 0.2) is 0 Å². The van der Waals surface area contributed by atoms with E-state index in [1.165, 1.54) is 0 Å². The third-order valence-electron chi connectivity index (χ3n) is 5.03. The molecule has 1 saturated heterocycles. The maximum absolute atomic E-state index is 11.7. The summed E-state index contributed by atoms with van der Waals surface area (Å²) in [5.74, 6) is 0. The average Bonchev–Trinajstić information content (AvgIpc) is 2.76. The summed E-state index contributed by atoms with van der Waals surface area (Å²) >= 11 is 0. The van der Waals surface area contributed by atoms with Gasteiger partial charge in [-0.25, -0.2) is 4.79 Å². The van der Waals surface area contributed by atoms with Crippen molar-refractivity contribution >= 4 is 18.7 Å². The van der Waals surface area contributed by atoms with E-state index >= 15 is 0 Å². The van der Waals surface area contributed by atoms with Gasteiger partial charge in [-0.1, -0.05) is 37.6 Å². The molecule has 0 aromatic heterocycles. The number of hydrogen-bond acceptors (Lipinski definition) is 4. The van der Waals surface area contributed by atoms with Crippen LogP contribution in [0.25, 0.3) is 0 Å². The van der Waals surface area contributed by atoms with Crippen LogP contribution in [-0.2, 0) is 14.0 Å². The van der Waals surface area contributed by atoms with Crippen LogP contribution in [0.1, 0.15) is 66.0 Å². The van der Waals surface area contributed by atoms with Gasteiger partial charge >= 0.3 is 13.2 Å². The van der Waals surface area contributed by atoms with Crippen molar-refractivity contribution in [3.63, 3.8) is 0 Å². The molecule has 2 rings (SSSR count). The van der Waals surface area contributed by atoms with Gasteiger partial charge in [0.25, 0.3) is 0 Å². The summed E-state index contributed by atoms with van der Waals surface area (Å²) in [6, 6.07) is 7.81. The second kappa shape index (κ2) is 7.79. The van der Waals surface area contributed by atoms with Gasteiger partial charge in [-0.05, 0) is 52.1 Å². The summed E-state index contributed by atoms with van der Waals surface area (Å²) in [5.41, 5.74) is 1.27. The summed E-state index contributed by atoms with van der Waals surface area (Å²) in [7, 11) is -0.374. The van der Waals surface area contributed by atoms with Crippen LogP contribution in [0.4, 0.5) is 4.79 Å². The van der Waals surface area contributed by atoms with Crippen LogP contribution in [0.5, 0.6) is 0 Å². The Morgan fingerprint density at radius 2 is 1.72 bits per heavy atom. The molecular formula is C19H30BNO4. The molecule has 0 radical (unpaired) electrons. The standard InChI is InChI=1S/C19H30BNO4/c1-7-8-13-23-17(22)21-14(2)15-9-11-16(12-10-15)20-24-18(3,4)19(5,6)25-20/h9-12,14H,7-8,13H2,1-6H3,(H,21,22). The molecule has 1 aromatic rings. The molecule has 25 heavy (non-hydrogen) atoms. The van der Waals surface area contributed by atoms with Crippen LogP contribution in [-0.4, -0.2) is 31.0 Å². The quantitative estimate of drug-likeness (QED) is 0.631. The van der Waals surface area contributed by atoms with Gasteiger partial charge in [-0.15, -0.1) is 0 Å². The van der Waals surface area contributed by atoms with Crippen LogP contribution in [0.3, 0.4) is 0 Å². The van der Waals surface area contributed by atoms with E-state index in [-0.39, 0.29) is 30.5 Å². The smallest absolute Gasteiger partial charge is 0.450 e. The van der Waals surface area contributed by atoms with Crippen LogP contribution < -0.4 is 10.8 Å². The second-order valence-electron chi connectivity index (χ2n) is 7.61. The summed E-state index contributed by atoms with van der Waals surface area (Å²) in [5, 5.41) is 2.85. The molecule has 138 valence electrons. The second-order valence-corrected chi connectivity index (χ2v) is 7.61. The number of ether oxygens (including phenoxy) is 1. The SMILES string of the molecule is CCCCOC(=O)NC(C)c1ccc(B2OC(C)(C)C(C)(C)O2)cc1. The highest BCUT2D eigenvalue weighted by atomic mass is 16.7. The lowest BCUT2D eigenvalue weighted by molar-refractivity contribution is 0.00578. The van der Waals surface area contributed by atoms with E-state index in [4.69, 9.17) is 14.0 Å². The van der Waals surface area contributed by atoms with Crippen molar-refractivity contribution in [2.24, 2.45) is 0 Å². The Hall–Kier alpha value is -1.53. The maximum atomic E-state index is 11.7. The predicted octanol–water partition coefficient (Wildman–Crippen LogP) is 3.57. The van der Waals surface area contributed by atoms with Crippen LogP contribution >= 0.6 is 0 Å². The highest BCUT2D eigenvalue weighted by Crippen LogP contribution is 2.36. The largest absolute Gasteiger partial charge is 0.494 e. The van der Waals surface area contributed by atoms with Crippen molar-refractivity contribution in [2.45, 2.75) is 71.6 Å². The first-order valence-corrected chi connectivity index (χ1v) is 9.05. The fraction of sp³-hybridized carbons (Fsp3) is 0.632. The van der Waals surface area contributed by atoms with E-state index in [1.807, 2.05) is 58.9 Å². The number of rotatable bonds is 6. The third-order valence-corrected chi connectivity index (χ3v) is 5.03. The van der Waals surface area contributed by atoms with Crippen molar-refractivity contribution < 1.29 is 18.8 Å². The van der Waals surface area contributed by atoms with Gasteiger partial charge in [0.2, 0.25) is 0 Å². The maximum Gasteiger partial charge on any atom is 0.494 e. The fourth-order valence-electron chi connectivity index (χ4n) is 2.53. The Morgan fingerprint density at radius 1 is 1.16 bits per heavy atom. The molecule has 1 N–H and O–H groups in total. The number of benzene rings is 1. The molecule has 1 atom stereocenters. The number of amides is 1. The molecule has 1 heterocycles. The van der Waals surface area contributed by atoms with Crippen molar-refractivity contribution in [3.8, 4) is 0 Å². The van der Waals surface area contributed by atoms with Crippen molar-refractivity contribution in [1.29, 1.82) is 0 Å². The number of alkyl carbamates (subject to hydrolysis) is 1. The Bertz CT molecular complexity index is 570. The molecule has 1 amide bonds. The number of nitrogens with one attached hydrogen (secondary N) is 1. The van der Waals surface area contributed by atoms with E-state index in [0.717, 1.165) is 23.9 Å². The molecule has 0 saturated carbocycles. The molecular weight excluding hydrogens is 317 g/mol. The van der Waals surface area contributed by atoms with Gasteiger partial charge in [0.1, 0.15) is 0 Å². The zero-order valence-electron chi connectivity index (χ0n) is 16.2. The zero-order chi connectivity index (χ0) is 18.7. The van der Waals surface area contributed by atoms with E-state index in [1.54, 1.807) is 0 Å². The molecule has 1 aliphatic heterocycles. The number of carbonyl (C=O) groups is 1. The van der Waals surface area contributed by atoms with Gasteiger partial charge in [-0.3, -0.25) is 0 Å². The first kappa shape index (κ1) is 19.8. The van der Waals surface area contributed by atoms with Crippen molar-refractivity contribution in [1.82, 2.24) is 5.32 Å². The normalized spacial score (nSPS) is 19.5. The lowest BCUT2D eigenvalue weighted by Crippen LogP contribution is -2.41.